The van der Waals surface area contributed by atoms with Gasteiger partial charge in [-0.1, -0.05) is 23.7 Å². The van der Waals surface area contributed by atoms with Crippen molar-refractivity contribution in [3.05, 3.63) is 57.2 Å². The largest absolute Gasteiger partial charge is 0.507 e. The molecular weight excluding hydrogens is 474 g/mol. The first kappa shape index (κ1) is 25.0. The number of carbonyl (C=O) groups is 1. The van der Waals surface area contributed by atoms with E-state index >= 15 is 0 Å². The number of likely N-dealkylation sites (tertiary alicyclic amines) is 1. The molecule has 0 radical (unpaired) electrons. The summed E-state index contributed by atoms with van der Waals surface area (Å²) >= 11 is 6.34. The maximum absolute atomic E-state index is 13.1. The molecule has 3 aromatic rings. The van der Waals surface area contributed by atoms with E-state index in [1.807, 2.05) is 11.9 Å². The predicted octanol–water partition coefficient (Wildman–Crippen LogP) is 2.99. The van der Waals surface area contributed by atoms with Crippen molar-refractivity contribution in [1.29, 1.82) is 0 Å². The highest BCUT2D eigenvalue weighted by molar-refractivity contribution is 6.33. The lowest BCUT2D eigenvalue weighted by molar-refractivity contribution is 0.0628. The number of phenols is 1. The van der Waals surface area contributed by atoms with E-state index in [-0.39, 0.29) is 35.6 Å². The molecule has 1 aliphatic heterocycles. The van der Waals surface area contributed by atoms with Gasteiger partial charge in [-0.05, 0) is 32.1 Å². The Morgan fingerprint density at radius 2 is 2.09 bits per heavy atom. The van der Waals surface area contributed by atoms with E-state index in [4.69, 9.17) is 26.5 Å². The van der Waals surface area contributed by atoms with Crippen LogP contribution >= 0.6 is 11.6 Å². The zero-order valence-electron chi connectivity index (χ0n) is 19.5. The average Bonchev–Trinajstić information content (AvgIpc) is 2.80. The molecule has 1 amide bonds. The number of ether oxygens (including phenoxy) is 1. The maximum Gasteiger partial charge on any atom is 0.415 e. The number of nitrogens with two attached hydrogens (primary N) is 1. The van der Waals surface area contributed by atoms with Gasteiger partial charge < -0.3 is 34.9 Å². The fourth-order valence-corrected chi connectivity index (χ4v) is 4.65. The number of carbonyl (C=O) groups excluding carboxylic acids is 1. The van der Waals surface area contributed by atoms with Gasteiger partial charge in [0.1, 0.15) is 28.2 Å². The monoisotopic (exact) mass is 501 g/mol. The molecule has 0 spiro atoms. The molecule has 2 heterocycles. The SMILES string of the molecule is CN1CC[C@H](c2c(OC(=O)N(C)CCN)cc(O)c3c(=O)cc(-c4ccccc4Cl)oc23)[C@H](O)C1. The van der Waals surface area contributed by atoms with E-state index in [1.165, 1.54) is 24.1 Å². The fraction of sp³-hybridized carbons (Fsp3) is 0.360. The average molecular weight is 502 g/mol. The highest BCUT2D eigenvalue weighted by Crippen LogP contribution is 2.43. The number of benzene rings is 2. The van der Waals surface area contributed by atoms with Gasteiger partial charge in [-0.3, -0.25) is 4.79 Å². The Balaban J connectivity index is 1.97. The van der Waals surface area contributed by atoms with Gasteiger partial charge in [0.2, 0.25) is 0 Å². The third-order valence-corrected chi connectivity index (χ3v) is 6.58. The molecule has 1 aromatic heterocycles. The number of piperidine rings is 1. The number of amides is 1. The number of β-amino-alcohol motifs (C(OH)–C–C–N with tert-alkyl or cyclic N) is 1. The van der Waals surface area contributed by atoms with E-state index in [0.29, 0.717) is 35.7 Å². The Labute approximate surface area is 207 Å². The highest BCUT2D eigenvalue weighted by atomic mass is 35.5. The summed E-state index contributed by atoms with van der Waals surface area (Å²) in [6.07, 6.45) is -1.00. The molecule has 35 heavy (non-hydrogen) atoms. The number of halogens is 1. The van der Waals surface area contributed by atoms with Crippen LogP contribution in [0.25, 0.3) is 22.3 Å². The molecule has 1 fully saturated rings. The van der Waals surface area contributed by atoms with E-state index < -0.39 is 29.3 Å². The summed E-state index contributed by atoms with van der Waals surface area (Å²) in [7, 11) is 3.43. The van der Waals surface area contributed by atoms with Crippen molar-refractivity contribution < 1.29 is 24.2 Å². The molecule has 4 rings (SSSR count). The molecular formula is C25H28ClN3O6. The van der Waals surface area contributed by atoms with Crippen molar-refractivity contribution in [1.82, 2.24) is 9.80 Å². The van der Waals surface area contributed by atoms with Crippen LogP contribution in [-0.2, 0) is 0 Å². The number of nitrogens with zero attached hydrogens (tertiary/aromatic N) is 2. The number of aliphatic hydroxyl groups excluding tert-OH is 1. The van der Waals surface area contributed by atoms with Crippen LogP contribution in [-0.4, -0.2) is 72.5 Å². The summed E-state index contributed by atoms with van der Waals surface area (Å²) in [5.74, 6) is -0.701. The molecule has 0 bridgehead atoms. The topological polar surface area (TPSA) is 129 Å². The van der Waals surface area contributed by atoms with Gasteiger partial charge in [0.25, 0.3) is 0 Å². The van der Waals surface area contributed by atoms with Gasteiger partial charge in [0.15, 0.2) is 5.43 Å². The van der Waals surface area contributed by atoms with Crippen LogP contribution in [0.15, 0.2) is 45.6 Å². The smallest absolute Gasteiger partial charge is 0.415 e. The van der Waals surface area contributed by atoms with Gasteiger partial charge in [-0.2, -0.15) is 0 Å². The number of phenolic OH excluding ortho intramolecular Hbond substituents is 1. The molecule has 1 saturated heterocycles. The maximum atomic E-state index is 13.1. The van der Waals surface area contributed by atoms with Crippen LogP contribution in [0.1, 0.15) is 17.9 Å². The second-order valence-electron chi connectivity index (χ2n) is 8.77. The van der Waals surface area contributed by atoms with Gasteiger partial charge in [0, 0.05) is 55.9 Å². The van der Waals surface area contributed by atoms with Crippen molar-refractivity contribution >= 4 is 28.7 Å². The highest BCUT2D eigenvalue weighted by Gasteiger charge is 2.34. The minimum Gasteiger partial charge on any atom is -0.507 e. The van der Waals surface area contributed by atoms with Gasteiger partial charge in [0.05, 0.1) is 11.1 Å². The third kappa shape index (κ3) is 4.99. The summed E-state index contributed by atoms with van der Waals surface area (Å²) in [4.78, 5) is 29.1. The van der Waals surface area contributed by atoms with Crippen molar-refractivity contribution in [3.8, 4) is 22.8 Å². The Morgan fingerprint density at radius 3 is 2.77 bits per heavy atom. The third-order valence-electron chi connectivity index (χ3n) is 6.25. The summed E-state index contributed by atoms with van der Waals surface area (Å²) in [6.45, 7) is 1.54. The van der Waals surface area contributed by atoms with E-state index in [9.17, 15) is 19.8 Å². The number of likely N-dealkylation sites (N-methyl/N-ethyl adjacent to an activating group) is 2. The van der Waals surface area contributed by atoms with Crippen molar-refractivity contribution in [2.45, 2.75) is 18.4 Å². The van der Waals surface area contributed by atoms with Crippen LogP contribution < -0.4 is 15.9 Å². The lowest BCUT2D eigenvalue weighted by Gasteiger charge is -2.34. The number of hydrogen-bond donors (Lipinski definition) is 3. The Hall–Kier alpha value is -3.11. The number of fused-ring (bicyclic) bond motifs is 1. The Bertz CT molecular complexity index is 1310. The zero-order chi connectivity index (χ0) is 25.3. The summed E-state index contributed by atoms with van der Waals surface area (Å²) in [5.41, 5.74) is 5.95. The van der Waals surface area contributed by atoms with Crippen LogP contribution in [0.5, 0.6) is 11.5 Å². The molecule has 2 atom stereocenters. The first-order valence-electron chi connectivity index (χ1n) is 11.3. The van der Waals surface area contributed by atoms with E-state index in [0.717, 1.165) is 0 Å². The molecule has 186 valence electrons. The lowest BCUT2D eigenvalue weighted by Crippen LogP contribution is -2.41. The minimum atomic E-state index is -0.824. The number of aromatic hydroxyl groups is 1. The van der Waals surface area contributed by atoms with Crippen LogP contribution in [0.4, 0.5) is 4.79 Å². The van der Waals surface area contributed by atoms with Crippen molar-refractivity contribution in [2.24, 2.45) is 5.73 Å². The van der Waals surface area contributed by atoms with Crippen LogP contribution in [0.2, 0.25) is 5.02 Å². The molecule has 0 unspecified atom stereocenters. The standard InChI is InChI=1S/C25H28ClN3O6/c1-28-9-7-15(19(32)13-28)22-21(35-25(33)29(2)10-8-27)12-18(31)23-17(30)11-20(34-24(22)23)14-5-3-4-6-16(14)26/h3-6,11-12,15,19,31-32H,7-10,13,27H2,1-2H3/t15-,19+/m0/s1. The Kier molecular flexibility index (Phi) is 7.32. The molecule has 4 N–H and O–H groups in total. The van der Waals surface area contributed by atoms with E-state index in [1.54, 1.807) is 24.3 Å². The van der Waals surface area contributed by atoms with Crippen LogP contribution in [0, 0.1) is 0 Å². The normalized spacial score (nSPS) is 18.5. The molecule has 2 aromatic carbocycles. The summed E-state index contributed by atoms with van der Waals surface area (Å²) in [5, 5.41) is 22.0. The van der Waals surface area contributed by atoms with Gasteiger partial charge in [-0.25, -0.2) is 4.79 Å². The number of rotatable bonds is 5. The van der Waals surface area contributed by atoms with Gasteiger partial charge >= 0.3 is 6.09 Å². The quantitative estimate of drug-likeness (QED) is 0.486. The minimum absolute atomic E-state index is 0.0110. The van der Waals surface area contributed by atoms with Gasteiger partial charge in [-0.15, -0.1) is 0 Å². The lowest BCUT2D eigenvalue weighted by atomic mass is 9.85. The zero-order valence-corrected chi connectivity index (χ0v) is 20.3. The fourth-order valence-electron chi connectivity index (χ4n) is 4.42. The summed E-state index contributed by atoms with van der Waals surface area (Å²) < 4.78 is 11.8. The van der Waals surface area contributed by atoms with Crippen molar-refractivity contribution in [3.63, 3.8) is 0 Å². The molecule has 0 saturated carbocycles. The first-order valence-corrected chi connectivity index (χ1v) is 11.7. The Morgan fingerprint density at radius 1 is 1.34 bits per heavy atom. The number of aliphatic hydroxyl groups is 1. The molecule has 9 nitrogen and oxygen atoms in total. The van der Waals surface area contributed by atoms with Crippen molar-refractivity contribution in [2.75, 3.05) is 40.3 Å². The molecule has 1 aliphatic rings. The summed E-state index contributed by atoms with van der Waals surface area (Å²) in [6, 6.07) is 9.39. The van der Waals surface area contributed by atoms with E-state index in [2.05, 4.69) is 0 Å². The van der Waals surface area contributed by atoms with Crippen LogP contribution in [0.3, 0.4) is 0 Å². The predicted molar refractivity (Wildman–Crippen MR) is 133 cm³/mol. The second-order valence-corrected chi connectivity index (χ2v) is 9.18. The molecule has 10 heteroatoms. The number of hydrogen-bond acceptors (Lipinski definition) is 8. The second kappa shape index (κ2) is 10.2. The molecule has 0 aliphatic carbocycles. The first-order chi connectivity index (χ1) is 16.7.